The normalized spacial score (nSPS) is 10.3. The van der Waals surface area contributed by atoms with Crippen molar-refractivity contribution in [2.45, 2.75) is 10.6 Å². The van der Waals surface area contributed by atoms with Gasteiger partial charge in [-0.05, 0) is 23.6 Å². The molecule has 2 nitrogen and oxygen atoms in total. The molecule has 0 aromatic carbocycles. The standard InChI is InChI=1S/C10H10N2S2/c11-10-4-3-8(6-12-10)14-7-9-2-1-5-13-9/h1-6H,7H2,(H2,11,12). The fourth-order valence-electron chi connectivity index (χ4n) is 1.03. The molecule has 0 fully saturated rings. The van der Waals surface area contributed by atoms with E-state index in [9.17, 15) is 0 Å². The number of hydrogen-bond acceptors (Lipinski definition) is 4. The summed E-state index contributed by atoms with van der Waals surface area (Å²) in [4.78, 5) is 6.58. The zero-order valence-corrected chi connectivity index (χ0v) is 9.15. The summed E-state index contributed by atoms with van der Waals surface area (Å²) in [7, 11) is 0. The monoisotopic (exact) mass is 222 g/mol. The molecule has 0 saturated heterocycles. The van der Waals surface area contributed by atoms with Crippen LogP contribution in [0.4, 0.5) is 5.82 Å². The van der Waals surface area contributed by atoms with Gasteiger partial charge in [0.05, 0.1) is 0 Å². The van der Waals surface area contributed by atoms with Crippen LogP contribution < -0.4 is 5.73 Å². The second-order valence-corrected chi connectivity index (χ2v) is 4.87. The van der Waals surface area contributed by atoms with Crippen molar-refractivity contribution >= 4 is 28.9 Å². The van der Waals surface area contributed by atoms with Gasteiger partial charge < -0.3 is 5.73 Å². The largest absolute Gasteiger partial charge is 0.384 e. The topological polar surface area (TPSA) is 38.9 Å². The Hall–Kier alpha value is -1.00. The van der Waals surface area contributed by atoms with Crippen molar-refractivity contribution in [1.82, 2.24) is 4.98 Å². The second-order valence-electron chi connectivity index (χ2n) is 2.79. The zero-order valence-electron chi connectivity index (χ0n) is 7.51. The average Bonchev–Trinajstić information content (AvgIpc) is 2.70. The van der Waals surface area contributed by atoms with Gasteiger partial charge in [0.2, 0.25) is 0 Å². The molecular formula is C10H10N2S2. The molecule has 2 aromatic heterocycles. The first-order valence-corrected chi connectivity index (χ1v) is 6.08. The molecule has 2 aromatic rings. The molecule has 0 unspecified atom stereocenters. The molecule has 0 aliphatic carbocycles. The van der Waals surface area contributed by atoms with Gasteiger partial charge in [0, 0.05) is 21.7 Å². The molecule has 2 rings (SSSR count). The van der Waals surface area contributed by atoms with E-state index in [-0.39, 0.29) is 0 Å². The van der Waals surface area contributed by atoms with E-state index in [1.807, 2.05) is 18.3 Å². The SMILES string of the molecule is Nc1ccc(SCc2cccs2)cn1. The average molecular weight is 222 g/mol. The number of thioether (sulfide) groups is 1. The van der Waals surface area contributed by atoms with Crippen LogP contribution in [0.25, 0.3) is 0 Å². The quantitative estimate of drug-likeness (QED) is 0.811. The third-order valence-corrected chi connectivity index (χ3v) is 3.81. The minimum atomic E-state index is 0.575. The van der Waals surface area contributed by atoms with Crippen LogP contribution >= 0.6 is 23.1 Å². The highest BCUT2D eigenvalue weighted by Gasteiger charge is 1.97. The van der Waals surface area contributed by atoms with Crippen molar-refractivity contribution in [2.24, 2.45) is 0 Å². The molecule has 0 aliphatic heterocycles. The molecule has 0 amide bonds. The van der Waals surface area contributed by atoms with Crippen LogP contribution in [0.3, 0.4) is 0 Å². The summed E-state index contributed by atoms with van der Waals surface area (Å²) in [5.41, 5.74) is 5.50. The number of anilines is 1. The van der Waals surface area contributed by atoms with Crippen LogP contribution in [0, 0.1) is 0 Å². The van der Waals surface area contributed by atoms with Crippen LogP contribution in [0.5, 0.6) is 0 Å². The summed E-state index contributed by atoms with van der Waals surface area (Å²) in [5.74, 6) is 1.58. The molecule has 0 aliphatic rings. The molecule has 72 valence electrons. The Labute approximate surface area is 91.2 Å². The van der Waals surface area contributed by atoms with E-state index in [1.165, 1.54) is 4.88 Å². The van der Waals surface area contributed by atoms with Crippen LogP contribution in [0.2, 0.25) is 0 Å². The first kappa shape index (κ1) is 9.55. The van der Waals surface area contributed by atoms with E-state index in [0.29, 0.717) is 5.82 Å². The van der Waals surface area contributed by atoms with Gasteiger partial charge in [0.1, 0.15) is 5.82 Å². The molecule has 4 heteroatoms. The fraction of sp³-hybridized carbons (Fsp3) is 0.100. The number of rotatable bonds is 3. The molecule has 0 atom stereocenters. The Kier molecular flexibility index (Phi) is 3.06. The lowest BCUT2D eigenvalue weighted by molar-refractivity contribution is 1.24. The van der Waals surface area contributed by atoms with Crippen molar-refractivity contribution in [3.8, 4) is 0 Å². The minimum absolute atomic E-state index is 0.575. The predicted molar refractivity (Wildman–Crippen MR) is 62.5 cm³/mol. The zero-order chi connectivity index (χ0) is 9.80. The maximum atomic E-state index is 5.50. The number of nitrogen functional groups attached to an aromatic ring is 1. The van der Waals surface area contributed by atoms with Crippen LogP contribution in [0.1, 0.15) is 4.88 Å². The Morgan fingerprint density at radius 3 is 2.93 bits per heavy atom. The van der Waals surface area contributed by atoms with Gasteiger partial charge in [0.15, 0.2) is 0 Å². The first-order chi connectivity index (χ1) is 6.84. The Morgan fingerprint density at radius 2 is 2.29 bits per heavy atom. The fourth-order valence-corrected chi connectivity index (χ4v) is 2.66. The lowest BCUT2D eigenvalue weighted by atomic mass is 10.5. The molecule has 2 heterocycles. The highest BCUT2D eigenvalue weighted by Crippen LogP contribution is 2.24. The van der Waals surface area contributed by atoms with Crippen LogP contribution in [-0.2, 0) is 5.75 Å². The van der Waals surface area contributed by atoms with Crippen molar-refractivity contribution in [3.05, 3.63) is 40.7 Å². The number of thiophene rings is 1. The van der Waals surface area contributed by atoms with Gasteiger partial charge >= 0.3 is 0 Å². The summed E-state index contributed by atoms with van der Waals surface area (Å²) < 4.78 is 0. The summed E-state index contributed by atoms with van der Waals surface area (Å²) in [5, 5.41) is 2.09. The first-order valence-electron chi connectivity index (χ1n) is 4.21. The van der Waals surface area contributed by atoms with Gasteiger partial charge in [-0.25, -0.2) is 4.98 Å². The third-order valence-electron chi connectivity index (χ3n) is 1.72. The summed E-state index contributed by atoms with van der Waals surface area (Å²) >= 11 is 3.56. The van der Waals surface area contributed by atoms with Crippen molar-refractivity contribution in [3.63, 3.8) is 0 Å². The minimum Gasteiger partial charge on any atom is -0.384 e. The lowest BCUT2D eigenvalue weighted by Gasteiger charge is -1.99. The molecule has 0 radical (unpaired) electrons. The molecule has 0 saturated carbocycles. The van der Waals surface area contributed by atoms with Gasteiger partial charge in [-0.3, -0.25) is 0 Å². The highest BCUT2D eigenvalue weighted by molar-refractivity contribution is 7.98. The van der Waals surface area contributed by atoms with Gasteiger partial charge in [0.25, 0.3) is 0 Å². The van der Waals surface area contributed by atoms with E-state index in [0.717, 1.165) is 10.6 Å². The number of hydrogen-bond donors (Lipinski definition) is 1. The predicted octanol–water partition coefficient (Wildman–Crippen LogP) is 3.02. The van der Waals surface area contributed by atoms with Crippen molar-refractivity contribution in [1.29, 1.82) is 0 Å². The van der Waals surface area contributed by atoms with Crippen LogP contribution in [0.15, 0.2) is 40.7 Å². The molecule has 14 heavy (non-hydrogen) atoms. The Balaban J connectivity index is 1.95. The van der Waals surface area contributed by atoms with Gasteiger partial charge in [-0.15, -0.1) is 23.1 Å². The summed E-state index contributed by atoms with van der Waals surface area (Å²) in [6.07, 6.45) is 1.81. The maximum absolute atomic E-state index is 5.50. The van der Waals surface area contributed by atoms with Crippen LogP contribution in [-0.4, -0.2) is 4.98 Å². The highest BCUT2D eigenvalue weighted by atomic mass is 32.2. The number of pyridine rings is 1. The Morgan fingerprint density at radius 1 is 1.36 bits per heavy atom. The number of aromatic nitrogens is 1. The van der Waals surface area contributed by atoms with Gasteiger partial charge in [-0.1, -0.05) is 6.07 Å². The molecule has 2 N–H and O–H groups in total. The van der Waals surface area contributed by atoms with Crippen molar-refractivity contribution in [2.75, 3.05) is 5.73 Å². The van der Waals surface area contributed by atoms with E-state index < -0.39 is 0 Å². The van der Waals surface area contributed by atoms with E-state index >= 15 is 0 Å². The maximum Gasteiger partial charge on any atom is 0.123 e. The third kappa shape index (κ3) is 2.49. The van der Waals surface area contributed by atoms with E-state index in [1.54, 1.807) is 23.1 Å². The van der Waals surface area contributed by atoms with Crippen molar-refractivity contribution < 1.29 is 0 Å². The van der Waals surface area contributed by atoms with E-state index in [4.69, 9.17) is 5.73 Å². The second kappa shape index (κ2) is 4.48. The molecule has 0 spiro atoms. The van der Waals surface area contributed by atoms with E-state index in [2.05, 4.69) is 22.5 Å². The molecular weight excluding hydrogens is 212 g/mol. The smallest absolute Gasteiger partial charge is 0.123 e. The summed E-state index contributed by atoms with van der Waals surface area (Å²) in [6, 6.07) is 8.04. The van der Waals surface area contributed by atoms with Gasteiger partial charge in [-0.2, -0.15) is 0 Å². The number of nitrogens with zero attached hydrogens (tertiary/aromatic N) is 1. The number of nitrogens with two attached hydrogens (primary N) is 1. The Bertz CT molecular complexity index is 381. The molecule has 0 bridgehead atoms. The lowest BCUT2D eigenvalue weighted by Crippen LogP contribution is -1.87. The summed E-state index contributed by atoms with van der Waals surface area (Å²) in [6.45, 7) is 0.